The van der Waals surface area contributed by atoms with Crippen LogP contribution in [0.1, 0.15) is 30.3 Å². The van der Waals surface area contributed by atoms with Crippen LogP contribution in [-0.4, -0.2) is 40.6 Å². The number of furan rings is 1. The molecule has 0 atom stereocenters. The minimum Gasteiger partial charge on any atom is -0.395 e. The highest BCUT2D eigenvalue weighted by molar-refractivity contribution is 6.05. The molecule has 0 saturated heterocycles. The maximum Gasteiger partial charge on any atom is 0.433 e. The van der Waals surface area contributed by atoms with E-state index in [2.05, 4.69) is 4.98 Å². The zero-order valence-electron chi connectivity index (χ0n) is 15.5. The number of aromatic nitrogens is 2. The van der Waals surface area contributed by atoms with Crippen LogP contribution in [0.4, 0.5) is 17.4 Å². The molecule has 0 unspecified atom stereocenters. The zero-order valence-corrected chi connectivity index (χ0v) is 15.5. The quantitative estimate of drug-likeness (QED) is 0.462. The summed E-state index contributed by atoms with van der Waals surface area (Å²) < 4.78 is 11.1. The number of hydrogen-bond acceptors (Lipinski definition) is 8. The molecule has 12 nitrogen and oxygen atoms in total. The molecule has 0 aliphatic heterocycles. The Morgan fingerprint density at radius 2 is 2.14 bits per heavy atom. The van der Waals surface area contributed by atoms with Crippen molar-refractivity contribution in [2.75, 3.05) is 30.9 Å². The standard InChI is InChI=1S/C16H21N5O7/c1-3-4-7-20-13(17)12(14(22)18-16(20)24)19(8-9-27-2)15(23)10-5-6-11(28-10)21(25)26/h5-6H,3-4,7-9,17H2,1-2H3,(H,18,22,24). The molecule has 0 aliphatic rings. The van der Waals surface area contributed by atoms with E-state index in [0.717, 1.165) is 28.0 Å². The Balaban J connectivity index is 2.55. The summed E-state index contributed by atoms with van der Waals surface area (Å²) in [5.74, 6) is -1.99. The van der Waals surface area contributed by atoms with E-state index in [-0.39, 0.29) is 37.0 Å². The van der Waals surface area contributed by atoms with Crippen molar-refractivity contribution in [3.63, 3.8) is 0 Å². The summed E-state index contributed by atoms with van der Waals surface area (Å²) in [4.78, 5) is 50.5. The lowest BCUT2D eigenvalue weighted by Gasteiger charge is -2.23. The van der Waals surface area contributed by atoms with Gasteiger partial charge in [0, 0.05) is 13.7 Å². The molecule has 0 spiro atoms. The van der Waals surface area contributed by atoms with Gasteiger partial charge in [-0.2, -0.15) is 0 Å². The predicted molar refractivity (Wildman–Crippen MR) is 99.6 cm³/mol. The third-order valence-corrected chi connectivity index (χ3v) is 3.97. The first-order chi connectivity index (χ1) is 13.3. The van der Waals surface area contributed by atoms with Crippen molar-refractivity contribution in [1.29, 1.82) is 0 Å². The second kappa shape index (κ2) is 8.99. The number of nitro groups is 1. The summed E-state index contributed by atoms with van der Waals surface area (Å²) in [6.07, 6.45) is 1.41. The maximum atomic E-state index is 12.9. The van der Waals surface area contributed by atoms with E-state index in [1.54, 1.807) is 0 Å². The van der Waals surface area contributed by atoms with E-state index in [4.69, 9.17) is 14.9 Å². The van der Waals surface area contributed by atoms with Crippen molar-refractivity contribution in [3.05, 3.63) is 48.8 Å². The van der Waals surface area contributed by atoms with Crippen molar-refractivity contribution in [2.24, 2.45) is 0 Å². The monoisotopic (exact) mass is 395 g/mol. The van der Waals surface area contributed by atoms with Gasteiger partial charge in [0.05, 0.1) is 19.2 Å². The Bertz CT molecular complexity index is 974. The fourth-order valence-electron chi connectivity index (χ4n) is 2.55. The number of hydrogen-bond donors (Lipinski definition) is 2. The lowest BCUT2D eigenvalue weighted by atomic mass is 10.3. The molecule has 3 N–H and O–H groups in total. The summed E-state index contributed by atoms with van der Waals surface area (Å²) in [6.45, 7) is 2.13. The zero-order chi connectivity index (χ0) is 20.8. The molecule has 2 heterocycles. The molecule has 0 aromatic carbocycles. The van der Waals surface area contributed by atoms with Crippen LogP contribution in [0.5, 0.6) is 0 Å². The van der Waals surface area contributed by atoms with Crippen LogP contribution < -0.4 is 21.9 Å². The van der Waals surface area contributed by atoms with E-state index < -0.39 is 28.0 Å². The molecular weight excluding hydrogens is 374 g/mol. The second-order valence-electron chi connectivity index (χ2n) is 5.84. The third-order valence-electron chi connectivity index (χ3n) is 3.97. The van der Waals surface area contributed by atoms with Crippen molar-refractivity contribution in [2.45, 2.75) is 26.3 Å². The van der Waals surface area contributed by atoms with Crippen molar-refractivity contribution in [3.8, 4) is 0 Å². The average molecular weight is 395 g/mol. The fraction of sp³-hybridized carbons (Fsp3) is 0.438. The number of anilines is 2. The average Bonchev–Trinajstić information content (AvgIpc) is 3.14. The Kier molecular flexibility index (Phi) is 6.71. The van der Waals surface area contributed by atoms with Gasteiger partial charge in [-0.3, -0.25) is 34.2 Å². The molecule has 28 heavy (non-hydrogen) atoms. The fourth-order valence-corrected chi connectivity index (χ4v) is 2.55. The van der Waals surface area contributed by atoms with Gasteiger partial charge in [0.2, 0.25) is 0 Å². The first kappa shape index (κ1) is 20.9. The minimum atomic E-state index is -0.860. The van der Waals surface area contributed by atoms with Crippen LogP contribution in [0.25, 0.3) is 0 Å². The smallest absolute Gasteiger partial charge is 0.395 e. The largest absolute Gasteiger partial charge is 0.433 e. The number of carbonyl (C=O) groups excluding carboxylic acids is 1. The first-order valence-corrected chi connectivity index (χ1v) is 8.49. The van der Waals surface area contributed by atoms with Gasteiger partial charge in [-0.1, -0.05) is 13.3 Å². The molecule has 0 fully saturated rings. The molecule has 1 amide bonds. The van der Waals surface area contributed by atoms with Crippen LogP contribution in [-0.2, 0) is 11.3 Å². The number of nitrogens with one attached hydrogen (secondary N) is 1. The Morgan fingerprint density at radius 1 is 1.43 bits per heavy atom. The highest BCUT2D eigenvalue weighted by Crippen LogP contribution is 2.22. The van der Waals surface area contributed by atoms with E-state index >= 15 is 0 Å². The van der Waals surface area contributed by atoms with Gasteiger partial charge in [-0.05, 0) is 12.5 Å². The number of nitrogen functional groups attached to an aromatic ring is 1. The molecule has 0 bridgehead atoms. The minimum absolute atomic E-state index is 0.0432. The first-order valence-electron chi connectivity index (χ1n) is 8.49. The van der Waals surface area contributed by atoms with Crippen LogP contribution >= 0.6 is 0 Å². The van der Waals surface area contributed by atoms with E-state index in [1.165, 1.54) is 7.11 Å². The molecule has 0 radical (unpaired) electrons. The van der Waals surface area contributed by atoms with Crippen LogP contribution in [0.2, 0.25) is 0 Å². The molecule has 152 valence electrons. The number of methoxy groups -OCH3 is 1. The normalized spacial score (nSPS) is 10.8. The maximum absolute atomic E-state index is 12.9. The van der Waals surface area contributed by atoms with Crippen LogP contribution in [0.3, 0.4) is 0 Å². The molecule has 2 aromatic rings. The number of nitrogens with zero attached hydrogens (tertiary/aromatic N) is 3. The second-order valence-corrected chi connectivity index (χ2v) is 5.84. The van der Waals surface area contributed by atoms with E-state index in [9.17, 15) is 24.5 Å². The number of unbranched alkanes of at least 4 members (excludes halogenated alkanes) is 1. The molecule has 0 saturated carbocycles. The number of amides is 1. The lowest BCUT2D eigenvalue weighted by molar-refractivity contribution is -0.402. The predicted octanol–water partition coefficient (Wildman–Crippen LogP) is 0.713. The number of nitrogens with two attached hydrogens (primary N) is 1. The number of aromatic amines is 1. The van der Waals surface area contributed by atoms with Gasteiger partial charge >= 0.3 is 11.6 Å². The van der Waals surface area contributed by atoms with Gasteiger partial charge in [-0.15, -0.1) is 0 Å². The molecule has 12 heteroatoms. The number of ether oxygens (including phenoxy) is 1. The molecule has 2 rings (SSSR count). The Hall–Kier alpha value is -3.41. The molecule has 0 aliphatic carbocycles. The van der Waals surface area contributed by atoms with Crippen LogP contribution in [0.15, 0.2) is 26.1 Å². The van der Waals surface area contributed by atoms with Gasteiger partial charge in [0.1, 0.15) is 10.7 Å². The van der Waals surface area contributed by atoms with E-state index in [0.29, 0.717) is 6.42 Å². The number of rotatable bonds is 9. The Morgan fingerprint density at radius 3 is 2.71 bits per heavy atom. The van der Waals surface area contributed by atoms with Crippen molar-refractivity contribution < 1.29 is 18.9 Å². The van der Waals surface area contributed by atoms with Gasteiger partial charge in [0.15, 0.2) is 11.4 Å². The Labute approximate surface area is 158 Å². The topological polar surface area (TPSA) is 167 Å². The van der Waals surface area contributed by atoms with Crippen LogP contribution in [0, 0.1) is 10.1 Å². The van der Waals surface area contributed by atoms with Gasteiger partial charge in [-0.25, -0.2) is 4.79 Å². The van der Waals surface area contributed by atoms with Gasteiger partial charge < -0.3 is 14.9 Å². The number of carbonyl (C=O) groups is 1. The van der Waals surface area contributed by atoms with E-state index in [1.807, 2.05) is 6.92 Å². The van der Waals surface area contributed by atoms with Crippen molar-refractivity contribution >= 4 is 23.3 Å². The third kappa shape index (κ3) is 4.28. The summed E-state index contributed by atoms with van der Waals surface area (Å²) in [5, 5.41) is 10.8. The summed E-state index contributed by atoms with van der Waals surface area (Å²) in [7, 11) is 1.40. The highest BCUT2D eigenvalue weighted by Gasteiger charge is 2.28. The highest BCUT2D eigenvalue weighted by atomic mass is 16.6. The molecule has 2 aromatic heterocycles. The lowest BCUT2D eigenvalue weighted by Crippen LogP contribution is -2.42. The summed E-state index contributed by atoms with van der Waals surface area (Å²) in [6, 6.07) is 2.15. The summed E-state index contributed by atoms with van der Waals surface area (Å²) >= 11 is 0. The summed E-state index contributed by atoms with van der Waals surface area (Å²) in [5.41, 5.74) is 4.24. The SMILES string of the molecule is CCCCn1c(N)c(N(CCOC)C(=O)c2ccc([N+](=O)[O-])o2)c(=O)[nH]c1=O. The molecular formula is C16H21N5O7. The number of H-pyrrole nitrogens is 1. The van der Waals surface area contributed by atoms with Crippen molar-refractivity contribution in [1.82, 2.24) is 9.55 Å². The van der Waals surface area contributed by atoms with Gasteiger partial charge in [0.25, 0.3) is 11.5 Å².